The molecule has 2 saturated heterocycles. The first-order valence-electron chi connectivity index (χ1n) is 15.5. The van der Waals surface area contributed by atoms with Gasteiger partial charge in [-0.2, -0.15) is 0 Å². The van der Waals surface area contributed by atoms with Crippen LogP contribution in [-0.4, -0.2) is 77.3 Å². The Morgan fingerprint density at radius 3 is 1.89 bits per heavy atom. The Morgan fingerprint density at radius 1 is 0.705 bits per heavy atom. The van der Waals surface area contributed by atoms with E-state index in [1.54, 1.807) is 50.6 Å². The summed E-state index contributed by atoms with van der Waals surface area (Å²) in [5.74, 6) is 1.34. The minimum atomic E-state index is -0.825. The van der Waals surface area contributed by atoms with E-state index >= 15 is 0 Å². The lowest BCUT2D eigenvalue weighted by molar-refractivity contribution is -0.0581. The second kappa shape index (κ2) is 15.0. The van der Waals surface area contributed by atoms with Gasteiger partial charge in [0.25, 0.3) is 0 Å². The number of carbonyl (C=O) groups is 2. The molecule has 2 aromatic carbocycles. The first-order chi connectivity index (χ1) is 21.1. The molecule has 10 heteroatoms. The van der Waals surface area contributed by atoms with Gasteiger partial charge in [-0.15, -0.1) is 0 Å². The summed E-state index contributed by atoms with van der Waals surface area (Å²) in [7, 11) is 4.63. The Morgan fingerprint density at radius 2 is 1.27 bits per heavy atom. The van der Waals surface area contributed by atoms with Crippen LogP contribution in [0.3, 0.4) is 0 Å². The van der Waals surface area contributed by atoms with Crippen molar-refractivity contribution < 1.29 is 38.0 Å². The maximum Gasteiger partial charge on any atom is 0.342 e. The van der Waals surface area contributed by atoms with Crippen molar-refractivity contribution in [3.8, 4) is 23.0 Å². The van der Waals surface area contributed by atoms with Crippen molar-refractivity contribution in [2.45, 2.75) is 64.1 Å². The standard InChI is InChI=1S/C34H48N2O8/c1-33(2,23-11-16-35-17-12-23)43-32(38)28-21-25(39-4)8-10-29(28)42-20-15-34(3,24-13-18-36-19-14-24)44-31(37)27-9-7-26(40-5)22-30(27)41-6/h7-10,21-24,35-36H,11-20H2,1-6H3. The molecule has 2 aliphatic rings. The zero-order valence-electron chi connectivity index (χ0n) is 27.0. The van der Waals surface area contributed by atoms with Crippen LogP contribution in [0.25, 0.3) is 0 Å². The molecule has 44 heavy (non-hydrogen) atoms. The zero-order valence-corrected chi connectivity index (χ0v) is 27.0. The fourth-order valence-electron chi connectivity index (χ4n) is 6.18. The monoisotopic (exact) mass is 612 g/mol. The van der Waals surface area contributed by atoms with Gasteiger partial charge in [-0.1, -0.05) is 0 Å². The van der Waals surface area contributed by atoms with E-state index in [0.29, 0.717) is 40.5 Å². The molecule has 1 unspecified atom stereocenters. The average Bonchev–Trinajstić information content (AvgIpc) is 3.05. The van der Waals surface area contributed by atoms with Gasteiger partial charge in [-0.3, -0.25) is 0 Å². The molecule has 0 radical (unpaired) electrons. The topological polar surface area (TPSA) is 114 Å². The van der Waals surface area contributed by atoms with Crippen LogP contribution in [0.4, 0.5) is 0 Å². The van der Waals surface area contributed by atoms with E-state index in [1.807, 2.05) is 20.8 Å². The van der Waals surface area contributed by atoms with Gasteiger partial charge in [0.2, 0.25) is 0 Å². The van der Waals surface area contributed by atoms with Crippen LogP contribution in [0.15, 0.2) is 36.4 Å². The van der Waals surface area contributed by atoms with Gasteiger partial charge in [0.05, 0.1) is 27.9 Å². The van der Waals surface area contributed by atoms with Crippen LogP contribution in [0, 0.1) is 11.8 Å². The molecular formula is C34H48N2O8. The molecule has 0 aliphatic carbocycles. The Hall–Kier alpha value is -3.50. The molecule has 2 N–H and O–H groups in total. The molecule has 0 aromatic heterocycles. The largest absolute Gasteiger partial charge is 0.497 e. The molecule has 0 amide bonds. The van der Waals surface area contributed by atoms with Gasteiger partial charge < -0.3 is 39.1 Å². The van der Waals surface area contributed by atoms with Crippen molar-refractivity contribution in [2.75, 3.05) is 54.1 Å². The van der Waals surface area contributed by atoms with Crippen LogP contribution < -0.4 is 29.6 Å². The maximum absolute atomic E-state index is 13.5. The van der Waals surface area contributed by atoms with Gasteiger partial charge in [0.1, 0.15) is 45.3 Å². The fraction of sp³-hybridized carbons (Fsp3) is 0.588. The van der Waals surface area contributed by atoms with Crippen LogP contribution in [0.1, 0.15) is 73.6 Å². The Labute approximate surface area is 261 Å². The van der Waals surface area contributed by atoms with Crippen molar-refractivity contribution >= 4 is 11.9 Å². The molecule has 2 fully saturated rings. The quantitative estimate of drug-likeness (QED) is 0.299. The second-order valence-corrected chi connectivity index (χ2v) is 12.3. The molecule has 242 valence electrons. The highest BCUT2D eigenvalue weighted by Gasteiger charge is 2.40. The highest BCUT2D eigenvalue weighted by molar-refractivity contribution is 5.94. The number of esters is 2. The summed E-state index contributed by atoms with van der Waals surface area (Å²) in [6, 6.07) is 10.2. The van der Waals surface area contributed by atoms with Gasteiger partial charge in [-0.05, 0) is 103 Å². The number of nitrogens with one attached hydrogen (secondary N) is 2. The summed E-state index contributed by atoms with van der Waals surface area (Å²) in [5.41, 5.74) is -0.834. The molecule has 2 aromatic rings. The van der Waals surface area contributed by atoms with Crippen LogP contribution in [-0.2, 0) is 9.47 Å². The predicted octanol–water partition coefficient (Wildman–Crippen LogP) is 5.03. The summed E-state index contributed by atoms with van der Waals surface area (Å²) in [5, 5.41) is 6.75. The molecule has 0 spiro atoms. The van der Waals surface area contributed by atoms with Crippen molar-refractivity contribution in [2.24, 2.45) is 11.8 Å². The third kappa shape index (κ3) is 8.15. The molecule has 1 atom stereocenters. The summed E-state index contributed by atoms with van der Waals surface area (Å²) in [6.07, 6.45) is 4.02. The van der Waals surface area contributed by atoms with Gasteiger partial charge in [-0.25, -0.2) is 9.59 Å². The van der Waals surface area contributed by atoms with E-state index in [0.717, 1.165) is 51.9 Å². The number of piperidine rings is 2. The van der Waals surface area contributed by atoms with E-state index in [1.165, 1.54) is 7.11 Å². The van der Waals surface area contributed by atoms with Crippen LogP contribution in [0.2, 0.25) is 0 Å². The first kappa shape index (κ1) is 33.4. The second-order valence-electron chi connectivity index (χ2n) is 12.3. The summed E-state index contributed by atoms with van der Waals surface area (Å²) in [4.78, 5) is 27.1. The van der Waals surface area contributed by atoms with Gasteiger partial charge in [0, 0.05) is 24.3 Å². The highest BCUT2D eigenvalue weighted by atomic mass is 16.6. The molecule has 2 aliphatic heterocycles. The number of hydrogen-bond donors (Lipinski definition) is 2. The number of benzene rings is 2. The van der Waals surface area contributed by atoms with Crippen molar-refractivity contribution in [1.29, 1.82) is 0 Å². The number of ether oxygens (including phenoxy) is 6. The molecule has 4 rings (SSSR count). The molecule has 10 nitrogen and oxygen atoms in total. The lowest BCUT2D eigenvalue weighted by atomic mass is 9.80. The van der Waals surface area contributed by atoms with E-state index in [-0.39, 0.29) is 18.4 Å². The minimum Gasteiger partial charge on any atom is -0.497 e. The third-order valence-corrected chi connectivity index (χ3v) is 9.10. The summed E-state index contributed by atoms with van der Waals surface area (Å²) < 4.78 is 34.8. The van der Waals surface area contributed by atoms with E-state index < -0.39 is 23.1 Å². The highest BCUT2D eigenvalue weighted by Crippen LogP contribution is 2.36. The number of methoxy groups -OCH3 is 3. The normalized spacial score (nSPS) is 17.7. The zero-order chi connectivity index (χ0) is 31.7. The summed E-state index contributed by atoms with van der Waals surface area (Å²) >= 11 is 0. The van der Waals surface area contributed by atoms with Gasteiger partial charge in [0.15, 0.2) is 0 Å². The van der Waals surface area contributed by atoms with Gasteiger partial charge >= 0.3 is 11.9 Å². The van der Waals surface area contributed by atoms with E-state index in [4.69, 9.17) is 28.4 Å². The van der Waals surface area contributed by atoms with Crippen molar-refractivity contribution in [3.05, 3.63) is 47.5 Å². The lowest BCUT2D eigenvalue weighted by Gasteiger charge is -2.39. The Kier molecular flexibility index (Phi) is 11.4. The fourth-order valence-corrected chi connectivity index (χ4v) is 6.18. The predicted molar refractivity (Wildman–Crippen MR) is 167 cm³/mol. The molecule has 0 bridgehead atoms. The number of carbonyl (C=O) groups excluding carboxylic acids is 2. The van der Waals surface area contributed by atoms with E-state index in [2.05, 4.69) is 10.6 Å². The minimum absolute atomic E-state index is 0.117. The lowest BCUT2D eigenvalue weighted by Crippen LogP contribution is -2.46. The SMILES string of the molecule is COc1ccc(C(=O)OC(C)(CCOc2ccc(OC)cc2C(=O)OC(C)(C)C2CCNCC2)C2CCNCC2)c(OC)c1. The number of hydrogen-bond acceptors (Lipinski definition) is 10. The average molecular weight is 613 g/mol. The summed E-state index contributed by atoms with van der Waals surface area (Å²) in [6.45, 7) is 9.62. The molecular weight excluding hydrogens is 564 g/mol. The van der Waals surface area contributed by atoms with Crippen LogP contribution >= 0.6 is 0 Å². The maximum atomic E-state index is 13.5. The smallest absolute Gasteiger partial charge is 0.342 e. The molecule has 0 saturated carbocycles. The number of rotatable bonds is 13. The molecule has 2 heterocycles. The van der Waals surface area contributed by atoms with Crippen molar-refractivity contribution in [3.63, 3.8) is 0 Å². The van der Waals surface area contributed by atoms with Crippen LogP contribution in [0.5, 0.6) is 23.0 Å². The van der Waals surface area contributed by atoms with E-state index in [9.17, 15) is 9.59 Å². The van der Waals surface area contributed by atoms with Crippen molar-refractivity contribution in [1.82, 2.24) is 10.6 Å². The Bertz CT molecular complexity index is 1270. The third-order valence-electron chi connectivity index (χ3n) is 9.10. The Balaban J connectivity index is 1.51. The first-order valence-corrected chi connectivity index (χ1v) is 15.5.